The number of rotatable bonds is 8. The zero-order valence-corrected chi connectivity index (χ0v) is 14.3. The van der Waals surface area contributed by atoms with Gasteiger partial charge >= 0.3 is 0 Å². The molecule has 0 radical (unpaired) electrons. The maximum Gasteiger partial charge on any atom is 0.240 e. The summed E-state index contributed by atoms with van der Waals surface area (Å²) in [5.41, 5.74) is 0.362. The van der Waals surface area contributed by atoms with Crippen molar-refractivity contribution in [1.82, 2.24) is 4.72 Å². The van der Waals surface area contributed by atoms with Crippen LogP contribution in [0.15, 0.2) is 23.1 Å². The molecule has 0 fully saturated rings. The Morgan fingerprint density at radius 3 is 2.50 bits per heavy atom. The van der Waals surface area contributed by atoms with Crippen molar-refractivity contribution in [3.05, 3.63) is 18.2 Å². The third kappa shape index (κ3) is 5.31. The van der Waals surface area contributed by atoms with Gasteiger partial charge in [0, 0.05) is 13.0 Å². The van der Waals surface area contributed by atoms with E-state index in [9.17, 15) is 13.2 Å². The Bertz CT molecular complexity index is 612. The molecule has 1 rings (SSSR count). The van der Waals surface area contributed by atoms with Crippen LogP contribution in [0, 0.1) is 5.92 Å². The number of carbonyl (C=O) groups is 1. The van der Waals surface area contributed by atoms with E-state index in [0.717, 1.165) is 0 Å². The molecule has 0 saturated heterocycles. The lowest BCUT2D eigenvalue weighted by Gasteiger charge is -2.14. The van der Waals surface area contributed by atoms with Crippen LogP contribution in [-0.4, -0.2) is 27.5 Å². The minimum absolute atomic E-state index is 0.100. The Morgan fingerprint density at radius 1 is 1.27 bits per heavy atom. The first-order valence-electron chi connectivity index (χ1n) is 7.36. The molecule has 124 valence electrons. The van der Waals surface area contributed by atoms with E-state index in [1.807, 2.05) is 20.8 Å². The summed E-state index contributed by atoms with van der Waals surface area (Å²) in [7, 11) is -3.61. The monoisotopic (exact) mass is 328 g/mol. The van der Waals surface area contributed by atoms with Crippen LogP contribution in [-0.2, 0) is 14.8 Å². The quantitative estimate of drug-likeness (QED) is 0.767. The Morgan fingerprint density at radius 2 is 1.95 bits per heavy atom. The van der Waals surface area contributed by atoms with Crippen LogP contribution >= 0.6 is 0 Å². The minimum atomic E-state index is -3.61. The highest BCUT2D eigenvalue weighted by atomic mass is 32.2. The number of sulfonamides is 1. The Balaban J connectivity index is 3.11. The van der Waals surface area contributed by atoms with E-state index in [1.54, 1.807) is 13.0 Å². The zero-order chi connectivity index (χ0) is 16.8. The van der Waals surface area contributed by atoms with Gasteiger partial charge in [-0.25, -0.2) is 13.1 Å². The second-order valence-corrected chi connectivity index (χ2v) is 7.01. The molecule has 0 bridgehead atoms. The summed E-state index contributed by atoms with van der Waals surface area (Å²) < 4.78 is 32.5. The second kappa shape index (κ2) is 8.14. The lowest BCUT2D eigenvalue weighted by Crippen LogP contribution is -2.27. The van der Waals surface area contributed by atoms with Crippen molar-refractivity contribution >= 4 is 21.6 Å². The van der Waals surface area contributed by atoms with Gasteiger partial charge in [-0.1, -0.05) is 20.8 Å². The maximum absolute atomic E-state index is 12.2. The fraction of sp³-hybridized carbons (Fsp3) is 0.533. The van der Waals surface area contributed by atoms with Crippen LogP contribution in [0.1, 0.15) is 34.1 Å². The summed E-state index contributed by atoms with van der Waals surface area (Å²) >= 11 is 0. The Kier molecular flexibility index (Phi) is 6.83. The number of nitrogens with one attached hydrogen (secondary N) is 2. The molecule has 2 N–H and O–H groups in total. The summed E-state index contributed by atoms with van der Waals surface area (Å²) in [4.78, 5) is 11.7. The lowest BCUT2D eigenvalue weighted by atomic mass is 10.2. The summed E-state index contributed by atoms with van der Waals surface area (Å²) in [6.07, 6.45) is 0.300. The molecule has 22 heavy (non-hydrogen) atoms. The van der Waals surface area contributed by atoms with Crippen LogP contribution in [0.2, 0.25) is 0 Å². The highest BCUT2D eigenvalue weighted by Crippen LogP contribution is 2.28. The molecule has 1 aromatic rings. The first kappa shape index (κ1) is 18.4. The first-order valence-corrected chi connectivity index (χ1v) is 8.84. The van der Waals surface area contributed by atoms with Gasteiger partial charge in [0.15, 0.2) is 0 Å². The first-order chi connectivity index (χ1) is 10.3. The van der Waals surface area contributed by atoms with Gasteiger partial charge in [-0.2, -0.15) is 0 Å². The normalized spacial score (nSPS) is 11.5. The topological polar surface area (TPSA) is 84.5 Å². The second-order valence-electron chi connectivity index (χ2n) is 5.24. The number of hydrogen-bond acceptors (Lipinski definition) is 4. The van der Waals surface area contributed by atoms with Crippen LogP contribution in [0.5, 0.6) is 5.75 Å². The van der Waals surface area contributed by atoms with Crippen molar-refractivity contribution in [2.45, 2.75) is 39.0 Å². The van der Waals surface area contributed by atoms with Crippen LogP contribution in [0.25, 0.3) is 0 Å². The van der Waals surface area contributed by atoms with Gasteiger partial charge in [-0.3, -0.25) is 4.79 Å². The molecule has 0 aliphatic carbocycles. The van der Waals surface area contributed by atoms with Crippen molar-refractivity contribution in [2.75, 3.05) is 18.5 Å². The highest BCUT2D eigenvalue weighted by Gasteiger charge is 2.17. The van der Waals surface area contributed by atoms with E-state index in [1.165, 1.54) is 12.1 Å². The lowest BCUT2D eigenvalue weighted by molar-refractivity contribution is -0.115. The molecule has 0 unspecified atom stereocenters. The van der Waals surface area contributed by atoms with E-state index in [2.05, 4.69) is 10.0 Å². The Hall–Kier alpha value is -1.60. The molecule has 0 atom stereocenters. The van der Waals surface area contributed by atoms with E-state index in [4.69, 9.17) is 4.74 Å². The average Bonchev–Trinajstić information content (AvgIpc) is 2.47. The largest absolute Gasteiger partial charge is 0.492 e. The Labute approximate surface area is 132 Å². The van der Waals surface area contributed by atoms with Crippen molar-refractivity contribution in [2.24, 2.45) is 5.92 Å². The van der Waals surface area contributed by atoms with E-state index in [0.29, 0.717) is 31.0 Å². The number of amides is 1. The molecule has 0 spiro atoms. The van der Waals surface area contributed by atoms with Crippen molar-refractivity contribution in [3.8, 4) is 5.75 Å². The molecule has 0 heterocycles. The molecule has 0 aliphatic heterocycles. The molecule has 1 aromatic carbocycles. The molecule has 0 aromatic heterocycles. The van der Waals surface area contributed by atoms with Crippen LogP contribution in [0.3, 0.4) is 0 Å². The van der Waals surface area contributed by atoms with Crippen LogP contribution in [0.4, 0.5) is 5.69 Å². The minimum Gasteiger partial charge on any atom is -0.492 e. The zero-order valence-electron chi connectivity index (χ0n) is 13.5. The average molecular weight is 328 g/mol. The standard InChI is InChI=1S/C15H24N2O4S/c1-5-15(18)17-13-9-12(7-8-14(13)21-6-2)22(19,20)16-10-11(3)4/h7-9,11,16H,5-6,10H2,1-4H3,(H,17,18). The van der Waals surface area contributed by atoms with Gasteiger partial charge in [0.05, 0.1) is 17.2 Å². The summed E-state index contributed by atoms with van der Waals surface area (Å²) in [5, 5.41) is 2.67. The highest BCUT2D eigenvalue weighted by molar-refractivity contribution is 7.89. The van der Waals surface area contributed by atoms with Gasteiger partial charge < -0.3 is 10.1 Å². The predicted octanol–water partition coefficient (Wildman–Crippen LogP) is 2.37. The third-order valence-electron chi connectivity index (χ3n) is 2.84. The van der Waals surface area contributed by atoms with Gasteiger partial charge in [-0.15, -0.1) is 0 Å². The fourth-order valence-electron chi connectivity index (χ4n) is 1.65. The van der Waals surface area contributed by atoms with Gasteiger partial charge in [-0.05, 0) is 31.0 Å². The predicted molar refractivity (Wildman–Crippen MR) is 86.6 cm³/mol. The van der Waals surface area contributed by atoms with Gasteiger partial charge in [0.2, 0.25) is 15.9 Å². The summed E-state index contributed by atoms with van der Waals surface area (Å²) in [6.45, 7) is 8.17. The number of ether oxygens (including phenoxy) is 1. The number of hydrogen-bond donors (Lipinski definition) is 2. The van der Waals surface area contributed by atoms with Crippen molar-refractivity contribution < 1.29 is 17.9 Å². The molecule has 0 aliphatic rings. The van der Waals surface area contributed by atoms with Gasteiger partial charge in [0.25, 0.3) is 0 Å². The third-order valence-corrected chi connectivity index (χ3v) is 4.26. The van der Waals surface area contributed by atoms with E-state index < -0.39 is 10.0 Å². The summed E-state index contributed by atoms with van der Waals surface area (Å²) in [5.74, 6) is 0.453. The smallest absolute Gasteiger partial charge is 0.240 e. The summed E-state index contributed by atoms with van der Waals surface area (Å²) in [6, 6.07) is 4.44. The fourth-order valence-corrected chi connectivity index (χ4v) is 2.89. The molecular weight excluding hydrogens is 304 g/mol. The molecule has 6 nitrogen and oxygen atoms in total. The number of anilines is 1. The molecule has 7 heteroatoms. The number of benzene rings is 1. The molecule has 0 saturated carbocycles. The van der Waals surface area contributed by atoms with E-state index in [-0.39, 0.29) is 16.7 Å². The number of carbonyl (C=O) groups excluding carboxylic acids is 1. The van der Waals surface area contributed by atoms with Crippen molar-refractivity contribution in [1.29, 1.82) is 0 Å². The maximum atomic E-state index is 12.2. The molecular formula is C15H24N2O4S. The van der Waals surface area contributed by atoms with Crippen LogP contribution < -0.4 is 14.8 Å². The van der Waals surface area contributed by atoms with Gasteiger partial charge in [0.1, 0.15) is 5.75 Å². The SMILES string of the molecule is CCOc1ccc(S(=O)(=O)NCC(C)C)cc1NC(=O)CC. The van der Waals surface area contributed by atoms with E-state index >= 15 is 0 Å². The molecule has 1 amide bonds. The van der Waals surface area contributed by atoms with Crippen molar-refractivity contribution in [3.63, 3.8) is 0 Å².